The molecule has 1 atom stereocenters. The van der Waals surface area contributed by atoms with Crippen LogP contribution < -0.4 is 15.4 Å². The van der Waals surface area contributed by atoms with Crippen LogP contribution in [0.15, 0.2) is 53.1 Å². The van der Waals surface area contributed by atoms with Gasteiger partial charge in [-0.3, -0.25) is 9.59 Å². The zero-order valence-electron chi connectivity index (χ0n) is 16.6. The quantitative estimate of drug-likeness (QED) is 0.549. The number of methoxy groups -OCH3 is 1. The van der Waals surface area contributed by atoms with Crippen LogP contribution in [0, 0.1) is 6.92 Å². The van der Waals surface area contributed by atoms with Gasteiger partial charge in [0.05, 0.1) is 24.1 Å². The fourth-order valence-electron chi connectivity index (χ4n) is 2.52. The van der Waals surface area contributed by atoms with Crippen molar-refractivity contribution in [1.82, 2.24) is 0 Å². The van der Waals surface area contributed by atoms with Crippen LogP contribution in [0.3, 0.4) is 0 Å². The van der Waals surface area contributed by atoms with Gasteiger partial charge in [0.15, 0.2) is 11.9 Å². The number of furan rings is 1. The van der Waals surface area contributed by atoms with Crippen LogP contribution in [-0.4, -0.2) is 31.0 Å². The van der Waals surface area contributed by atoms with Crippen molar-refractivity contribution in [3.8, 4) is 5.75 Å². The first kappa shape index (κ1) is 21.1. The van der Waals surface area contributed by atoms with Crippen molar-refractivity contribution in [3.05, 3.63) is 64.9 Å². The molecule has 0 fully saturated rings. The van der Waals surface area contributed by atoms with Gasteiger partial charge >= 0.3 is 5.97 Å². The number of thiophene rings is 1. The summed E-state index contributed by atoms with van der Waals surface area (Å²) in [7, 11) is 1.50. The maximum absolute atomic E-state index is 12.4. The fraction of sp³-hybridized carbons (Fsp3) is 0.190. The molecule has 0 aliphatic heterocycles. The highest BCUT2D eigenvalue weighted by molar-refractivity contribution is 7.18. The molecule has 3 aromatic rings. The van der Waals surface area contributed by atoms with Gasteiger partial charge in [-0.05, 0) is 55.8 Å². The number of amides is 2. The van der Waals surface area contributed by atoms with Crippen LogP contribution in [0.5, 0.6) is 5.75 Å². The molecule has 0 spiro atoms. The number of benzene rings is 1. The Morgan fingerprint density at radius 2 is 1.90 bits per heavy atom. The van der Waals surface area contributed by atoms with E-state index in [9.17, 15) is 14.4 Å². The molecule has 3 rings (SSSR count). The topological polar surface area (TPSA) is 107 Å². The highest BCUT2D eigenvalue weighted by Gasteiger charge is 2.22. The molecule has 0 aliphatic rings. The first-order valence-electron chi connectivity index (χ1n) is 8.98. The van der Waals surface area contributed by atoms with E-state index in [1.807, 2.05) is 13.0 Å². The summed E-state index contributed by atoms with van der Waals surface area (Å²) >= 11 is 1.03. The number of ether oxygens (including phenoxy) is 2. The fourth-order valence-corrected chi connectivity index (χ4v) is 3.31. The van der Waals surface area contributed by atoms with Gasteiger partial charge in [0.1, 0.15) is 10.6 Å². The number of esters is 1. The van der Waals surface area contributed by atoms with E-state index < -0.39 is 23.9 Å². The zero-order valence-corrected chi connectivity index (χ0v) is 17.4. The monoisotopic (exact) mass is 428 g/mol. The predicted molar refractivity (Wildman–Crippen MR) is 112 cm³/mol. The molecule has 2 amide bonds. The summed E-state index contributed by atoms with van der Waals surface area (Å²) in [5, 5.41) is 5.78. The number of aryl methyl sites for hydroxylation is 1. The molecule has 0 aliphatic carbocycles. The second-order valence-electron chi connectivity index (χ2n) is 6.34. The van der Waals surface area contributed by atoms with Crippen LogP contribution in [-0.2, 0) is 9.53 Å². The molecule has 8 nitrogen and oxygen atoms in total. The zero-order chi connectivity index (χ0) is 21.7. The van der Waals surface area contributed by atoms with Crippen molar-refractivity contribution >= 4 is 39.8 Å². The Hall–Kier alpha value is -3.59. The molecule has 2 aromatic heterocycles. The molecule has 0 bridgehead atoms. The summed E-state index contributed by atoms with van der Waals surface area (Å²) in [4.78, 5) is 37.0. The Bertz CT molecular complexity index is 1060. The van der Waals surface area contributed by atoms with E-state index in [1.54, 1.807) is 24.3 Å². The molecule has 0 radical (unpaired) electrons. The first-order valence-corrected chi connectivity index (χ1v) is 9.80. The van der Waals surface area contributed by atoms with Gasteiger partial charge in [-0.15, -0.1) is 11.3 Å². The second-order valence-corrected chi connectivity index (χ2v) is 7.42. The lowest BCUT2D eigenvalue weighted by Crippen LogP contribution is -2.30. The third-order valence-corrected chi connectivity index (χ3v) is 5.04. The Morgan fingerprint density at radius 3 is 2.60 bits per heavy atom. The summed E-state index contributed by atoms with van der Waals surface area (Å²) in [5.41, 5.74) is 1.43. The summed E-state index contributed by atoms with van der Waals surface area (Å²) in [6.45, 7) is 3.36. The summed E-state index contributed by atoms with van der Waals surface area (Å²) < 4.78 is 15.5. The van der Waals surface area contributed by atoms with Gasteiger partial charge in [0.25, 0.3) is 11.8 Å². The van der Waals surface area contributed by atoms with Crippen molar-refractivity contribution in [2.24, 2.45) is 0 Å². The normalized spacial score (nSPS) is 11.4. The van der Waals surface area contributed by atoms with Crippen molar-refractivity contribution in [1.29, 1.82) is 0 Å². The van der Waals surface area contributed by atoms with E-state index in [4.69, 9.17) is 13.9 Å². The number of nitrogens with one attached hydrogen (secondary N) is 2. The Labute approximate surface area is 176 Å². The molecule has 9 heteroatoms. The van der Waals surface area contributed by atoms with Gasteiger partial charge < -0.3 is 24.5 Å². The molecule has 30 heavy (non-hydrogen) atoms. The van der Waals surface area contributed by atoms with Crippen LogP contribution in [0.4, 0.5) is 10.7 Å². The third kappa shape index (κ3) is 5.06. The average molecular weight is 428 g/mol. The van der Waals surface area contributed by atoms with Gasteiger partial charge in [-0.25, -0.2) is 4.79 Å². The summed E-state index contributed by atoms with van der Waals surface area (Å²) in [5.74, 6) is -0.929. The lowest BCUT2D eigenvalue weighted by molar-refractivity contribution is -0.123. The standard InChI is InChI=1S/C21H20N2O6S/c1-12-6-7-15(27-3)14(11-12)22-19(24)13(2)29-21(26)17-8-9-18(30-17)23-20(25)16-5-4-10-28-16/h4-11,13H,1-3H3,(H,22,24)(H,23,25). The van der Waals surface area contributed by atoms with E-state index in [0.717, 1.165) is 16.9 Å². The molecule has 1 unspecified atom stereocenters. The minimum atomic E-state index is -1.04. The van der Waals surface area contributed by atoms with Crippen molar-refractivity contribution in [2.75, 3.05) is 17.7 Å². The minimum absolute atomic E-state index is 0.157. The predicted octanol–water partition coefficient (Wildman–Crippen LogP) is 4.09. The van der Waals surface area contributed by atoms with Gasteiger partial charge in [0.2, 0.25) is 0 Å². The lowest BCUT2D eigenvalue weighted by atomic mass is 10.2. The number of anilines is 2. The van der Waals surface area contributed by atoms with Crippen molar-refractivity contribution in [2.45, 2.75) is 20.0 Å². The lowest BCUT2D eigenvalue weighted by Gasteiger charge is -2.15. The molecule has 0 saturated heterocycles. The molecule has 1 aromatic carbocycles. The van der Waals surface area contributed by atoms with E-state index >= 15 is 0 Å². The Morgan fingerprint density at radius 1 is 1.10 bits per heavy atom. The third-order valence-electron chi connectivity index (χ3n) is 4.05. The molecular weight excluding hydrogens is 408 g/mol. The van der Waals surface area contributed by atoms with Crippen molar-refractivity contribution < 1.29 is 28.3 Å². The summed E-state index contributed by atoms with van der Waals surface area (Å²) in [6, 6.07) is 11.6. The Kier molecular flexibility index (Phi) is 6.53. The van der Waals surface area contributed by atoms with Crippen molar-refractivity contribution in [3.63, 3.8) is 0 Å². The van der Waals surface area contributed by atoms with Crippen LogP contribution in [0.25, 0.3) is 0 Å². The smallest absolute Gasteiger partial charge is 0.349 e. The largest absolute Gasteiger partial charge is 0.495 e. The molecular formula is C21H20N2O6S. The maximum atomic E-state index is 12.4. The van der Waals surface area contributed by atoms with Crippen LogP contribution in [0.1, 0.15) is 32.7 Å². The van der Waals surface area contributed by atoms with Gasteiger partial charge in [-0.1, -0.05) is 6.07 Å². The van der Waals surface area contributed by atoms with Gasteiger partial charge in [-0.2, -0.15) is 0 Å². The highest BCUT2D eigenvalue weighted by atomic mass is 32.1. The van der Waals surface area contributed by atoms with E-state index in [1.165, 1.54) is 32.4 Å². The number of hydrogen-bond acceptors (Lipinski definition) is 7. The number of carbonyl (C=O) groups excluding carboxylic acids is 3. The van der Waals surface area contributed by atoms with Crippen LogP contribution >= 0.6 is 11.3 Å². The van der Waals surface area contributed by atoms with E-state index in [0.29, 0.717) is 16.4 Å². The van der Waals surface area contributed by atoms with E-state index in [-0.39, 0.29) is 10.6 Å². The number of hydrogen-bond donors (Lipinski definition) is 2. The molecule has 2 N–H and O–H groups in total. The van der Waals surface area contributed by atoms with E-state index in [2.05, 4.69) is 10.6 Å². The summed E-state index contributed by atoms with van der Waals surface area (Å²) in [6.07, 6.45) is 0.358. The molecule has 0 saturated carbocycles. The minimum Gasteiger partial charge on any atom is -0.495 e. The maximum Gasteiger partial charge on any atom is 0.349 e. The number of rotatable bonds is 7. The van der Waals surface area contributed by atoms with Gasteiger partial charge in [0, 0.05) is 0 Å². The Balaban J connectivity index is 1.59. The number of carbonyl (C=O) groups is 3. The second kappa shape index (κ2) is 9.27. The van der Waals surface area contributed by atoms with Crippen LogP contribution in [0.2, 0.25) is 0 Å². The molecule has 2 heterocycles. The highest BCUT2D eigenvalue weighted by Crippen LogP contribution is 2.26. The first-order chi connectivity index (χ1) is 14.4. The molecule has 156 valence electrons. The average Bonchev–Trinajstić information content (AvgIpc) is 3.40. The SMILES string of the molecule is COc1ccc(C)cc1NC(=O)C(C)OC(=O)c1ccc(NC(=O)c2ccco2)s1.